The molecule has 0 unspecified atom stereocenters. The number of oxazole rings is 1. The normalized spacial score (nSPS) is 11.2. The van der Waals surface area contributed by atoms with Gasteiger partial charge < -0.3 is 4.42 Å². The van der Waals surface area contributed by atoms with E-state index in [0.717, 1.165) is 22.0 Å². The van der Waals surface area contributed by atoms with Gasteiger partial charge in [-0.25, -0.2) is 4.98 Å². The molecule has 4 aromatic rings. The van der Waals surface area contributed by atoms with Gasteiger partial charge in [-0.05, 0) is 16.8 Å². The monoisotopic (exact) mass is 246 g/mol. The van der Waals surface area contributed by atoms with Crippen LogP contribution in [0.4, 0.5) is 0 Å². The molecule has 0 amide bonds. The highest BCUT2D eigenvalue weighted by Gasteiger charge is 2.10. The molecule has 2 aromatic carbocycles. The van der Waals surface area contributed by atoms with E-state index in [0.29, 0.717) is 5.89 Å². The second-order valence-corrected chi connectivity index (χ2v) is 4.39. The molecule has 0 aliphatic heterocycles. The van der Waals surface area contributed by atoms with Crippen molar-refractivity contribution in [3.63, 3.8) is 0 Å². The lowest BCUT2D eigenvalue weighted by molar-refractivity contribution is 0.620. The van der Waals surface area contributed by atoms with Crippen molar-refractivity contribution in [2.45, 2.75) is 0 Å². The minimum absolute atomic E-state index is 0.639. The maximum Gasteiger partial charge on any atom is 0.227 e. The molecule has 19 heavy (non-hydrogen) atoms. The molecule has 0 aliphatic rings. The zero-order chi connectivity index (χ0) is 12.7. The van der Waals surface area contributed by atoms with Crippen molar-refractivity contribution in [1.29, 1.82) is 0 Å². The zero-order valence-corrected chi connectivity index (χ0v) is 10.1. The number of hydrogen-bond donors (Lipinski definition) is 0. The summed E-state index contributed by atoms with van der Waals surface area (Å²) in [4.78, 5) is 8.56. The van der Waals surface area contributed by atoms with E-state index >= 15 is 0 Å². The van der Waals surface area contributed by atoms with Gasteiger partial charge in [0.15, 0.2) is 5.58 Å². The van der Waals surface area contributed by atoms with Crippen LogP contribution in [0.15, 0.2) is 65.3 Å². The molecule has 4 rings (SSSR count). The molecule has 0 radical (unpaired) electrons. The Morgan fingerprint density at radius 3 is 2.74 bits per heavy atom. The van der Waals surface area contributed by atoms with Crippen molar-refractivity contribution in [2.75, 3.05) is 0 Å². The van der Waals surface area contributed by atoms with Crippen LogP contribution in [0.25, 0.3) is 33.3 Å². The predicted molar refractivity (Wildman–Crippen MR) is 74.7 cm³/mol. The third-order valence-corrected chi connectivity index (χ3v) is 3.21. The fourth-order valence-corrected chi connectivity index (χ4v) is 2.31. The first-order valence-electron chi connectivity index (χ1n) is 6.10. The molecular weight excluding hydrogens is 236 g/mol. The van der Waals surface area contributed by atoms with E-state index in [4.69, 9.17) is 4.42 Å². The largest absolute Gasteiger partial charge is 0.436 e. The Kier molecular flexibility index (Phi) is 2.12. The Balaban J connectivity index is 2.03. The Morgan fingerprint density at radius 2 is 1.79 bits per heavy atom. The summed E-state index contributed by atoms with van der Waals surface area (Å²) >= 11 is 0. The van der Waals surface area contributed by atoms with Crippen LogP contribution in [0.3, 0.4) is 0 Å². The molecule has 0 fully saturated rings. The summed E-state index contributed by atoms with van der Waals surface area (Å²) in [6, 6.07) is 16.2. The highest BCUT2D eigenvalue weighted by molar-refractivity contribution is 5.95. The van der Waals surface area contributed by atoms with Gasteiger partial charge in [0.2, 0.25) is 5.89 Å². The van der Waals surface area contributed by atoms with Gasteiger partial charge in [0.1, 0.15) is 5.52 Å². The summed E-state index contributed by atoms with van der Waals surface area (Å²) in [6.45, 7) is 0. The van der Waals surface area contributed by atoms with Crippen LogP contribution in [0.2, 0.25) is 0 Å². The van der Waals surface area contributed by atoms with E-state index in [-0.39, 0.29) is 0 Å². The molecule has 0 atom stereocenters. The fourth-order valence-electron chi connectivity index (χ4n) is 2.31. The first kappa shape index (κ1) is 10.3. The molecule has 0 saturated carbocycles. The van der Waals surface area contributed by atoms with Crippen LogP contribution < -0.4 is 0 Å². The number of fused-ring (bicyclic) bond motifs is 2. The number of pyridine rings is 1. The lowest BCUT2D eigenvalue weighted by Crippen LogP contribution is -1.80. The van der Waals surface area contributed by atoms with E-state index in [9.17, 15) is 0 Å². The van der Waals surface area contributed by atoms with Gasteiger partial charge in [0.05, 0.1) is 6.20 Å². The quantitative estimate of drug-likeness (QED) is 0.508. The van der Waals surface area contributed by atoms with Gasteiger partial charge in [-0.3, -0.25) is 4.98 Å². The van der Waals surface area contributed by atoms with Gasteiger partial charge in [-0.1, -0.05) is 36.4 Å². The summed E-state index contributed by atoms with van der Waals surface area (Å²) in [5.41, 5.74) is 2.55. The van der Waals surface area contributed by atoms with Crippen LogP contribution >= 0.6 is 0 Å². The molecule has 2 aromatic heterocycles. The van der Waals surface area contributed by atoms with Crippen molar-refractivity contribution in [1.82, 2.24) is 9.97 Å². The lowest BCUT2D eigenvalue weighted by Gasteiger charge is -2.01. The maximum atomic E-state index is 5.81. The van der Waals surface area contributed by atoms with Gasteiger partial charge in [0.25, 0.3) is 0 Å². The summed E-state index contributed by atoms with van der Waals surface area (Å²) in [7, 11) is 0. The molecule has 3 heteroatoms. The van der Waals surface area contributed by atoms with Crippen molar-refractivity contribution >= 4 is 21.9 Å². The molecule has 0 N–H and O–H groups in total. The van der Waals surface area contributed by atoms with E-state index in [2.05, 4.69) is 28.2 Å². The van der Waals surface area contributed by atoms with Crippen LogP contribution in [0, 0.1) is 0 Å². The summed E-state index contributed by atoms with van der Waals surface area (Å²) < 4.78 is 5.81. The zero-order valence-electron chi connectivity index (χ0n) is 10.1. The van der Waals surface area contributed by atoms with Gasteiger partial charge in [-0.2, -0.15) is 0 Å². The highest BCUT2D eigenvalue weighted by atomic mass is 16.3. The van der Waals surface area contributed by atoms with E-state index in [1.807, 2.05) is 30.3 Å². The van der Waals surface area contributed by atoms with Crippen LogP contribution in [0.1, 0.15) is 0 Å². The molecule has 0 bridgehead atoms. The number of nitrogens with zero attached hydrogens (tertiary/aromatic N) is 2. The predicted octanol–water partition coefficient (Wildman–Crippen LogP) is 4.04. The highest BCUT2D eigenvalue weighted by Crippen LogP contribution is 2.29. The summed E-state index contributed by atoms with van der Waals surface area (Å²) in [5, 5.41) is 2.32. The van der Waals surface area contributed by atoms with E-state index < -0.39 is 0 Å². The van der Waals surface area contributed by atoms with Gasteiger partial charge >= 0.3 is 0 Å². The van der Waals surface area contributed by atoms with E-state index in [1.165, 1.54) is 5.39 Å². The molecule has 0 aliphatic carbocycles. The SMILES string of the molecule is c1ccc2c(-c3nc4cnccc4o3)cccc2c1. The van der Waals surface area contributed by atoms with E-state index in [1.54, 1.807) is 12.4 Å². The third-order valence-electron chi connectivity index (χ3n) is 3.21. The average molecular weight is 246 g/mol. The number of rotatable bonds is 1. The minimum Gasteiger partial charge on any atom is -0.436 e. The van der Waals surface area contributed by atoms with Crippen molar-refractivity contribution in [3.8, 4) is 11.5 Å². The number of hydrogen-bond acceptors (Lipinski definition) is 3. The fraction of sp³-hybridized carbons (Fsp3) is 0. The third kappa shape index (κ3) is 1.59. The second kappa shape index (κ2) is 3.92. The summed E-state index contributed by atoms with van der Waals surface area (Å²) in [6.07, 6.45) is 3.42. The van der Waals surface area contributed by atoms with Crippen molar-refractivity contribution in [3.05, 3.63) is 60.9 Å². The first-order valence-corrected chi connectivity index (χ1v) is 6.10. The number of aromatic nitrogens is 2. The Bertz CT molecular complexity index is 842. The maximum absolute atomic E-state index is 5.81. The smallest absolute Gasteiger partial charge is 0.227 e. The minimum atomic E-state index is 0.639. The molecule has 2 heterocycles. The summed E-state index contributed by atoms with van der Waals surface area (Å²) in [5.74, 6) is 0.639. The van der Waals surface area contributed by atoms with Crippen LogP contribution in [-0.4, -0.2) is 9.97 Å². The Labute approximate surface area is 109 Å². The van der Waals surface area contributed by atoms with Crippen molar-refractivity contribution < 1.29 is 4.42 Å². The lowest BCUT2D eigenvalue weighted by atomic mass is 10.0. The Morgan fingerprint density at radius 1 is 0.895 bits per heavy atom. The van der Waals surface area contributed by atoms with Gasteiger partial charge in [0, 0.05) is 17.8 Å². The first-order chi connectivity index (χ1) is 9.42. The van der Waals surface area contributed by atoms with Gasteiger partial charge in [-0.15, -0.1) is 0 Å². The van der Waals surface area contributed by atoms with Crippen LogP contribution in [-0.2, 0) is 0 Å². The van der Waals surface area contributed by atoms with Crippen molar-refractivity contribution in [2.24, 2.45) is 0 Å². The van der Waals surface area contributed by atoms with Crippen LogP contribution in [0.5, 0.6) is 0 Å². The second-order valence-electron chi connectivity index (χ2n) is 4.39. The molecule has 3 nitrogen and oxygen atoms in total. The molecule has 0 spiro atoms. The standard InChI is InChI=1S/C16H10N2O/c1-2-6-12-11(4-1)5-3-7-13(12)16-18-14-10-17-9-8-15(14)19-16/h1-10H. The average Bonchev–Trinajstić information content (AvgIpc) is 2.90. The molecule has 0 saturated heterocycles. The topological polar surface area (TPSA) is 38.9 Å². The Hall–Kier alpha value is -2.68. The molecular formula is C16H10N2O. The molecule has 90 valence electrons. The number of benzene rings is 2.